The van der Waals surface area contributed by atoms with Gasteiger partial charge in [0.2, 0.25) is 0 Å². The fraction of sp³-hybridized carbons (Fsp3) is 0.500. The van der Waals surface area contributed by atoms with Gasteiger partial charge < -0.3 is 10.6 Å². The molecule has 76 valence electrons. The molecule has 1 aromatic rings. The first-order chi connectivity index (χ1) is 6.72. The third kappa shape index (κ3) is 1.50. The SMILES string of the molecule is Cc1ccc2c(c1)CCC(CN)N2C. The highest BCUT2D eigenvalue weighted by atomic mass is 15.1. The van der Waals surface area contributed by atoms with E-state index in [1.807, 2.05) is 0 Å². The van der Waals surface area contributed by atoms with Crippen molar-refractivity contribution < 1.29 is 0 Å². The molecule has 0 amide bonds. The van der Waals surface area contributed by atoms with Crippen LogP contribution in [0.15, 0.2) is 18.2 Å². The molecule has 0 saturated carbocycles. The molecule has 1 aromatic carbocycles. The second-order valence-electron chi connectivity index (χ2n) is 4.17. The fourth-order valence-electron chi connectivity index (χ4n) is 2.25. The first kappa shape index (κ1) is 9.53. The summed E-state index contributed by atoms with van der Waals surface area (Å²) in [5.74, 6) is 0. The predicted octanol–water partition coefficient (Wildman–Crippen LogP) is 1.70. The smallest absolute Gasteiger partial charge is 0.0412 e. The molecule has 0 saturated heterocycles. The highest BCUT2D eigenvalue weighted by Gasteiger charge is 2.21. The Kier molecular flexibility index (Phi) is 2.46. The van der Waals surface area contributed by atoms with Gasteiger partial charge in [0, 0.05) is 25.3 Å². The lowest BCUT2D eigenvalue weighted by Crippen LogP contribution is -2.41. The van der Waals surface area contributed by atoms with E-state index in [9.17, 15) is 0 Å². The second kappa shape index (κ2) is 3.62. The number of likely N-dealkylation sites (N-methyl/N-ethyl adjacent to an activating group) is 1. The van der Waals surface area contributed by atoms with Gasteiger partial charge >= 0.3 is 0 Å². The normalized spacial score (nSPS) is 20.8. The molecule has 0 radical (unpaired) electrons. The average molecular weight is 190 g/mol. The third-order valence-electron chi connectivity index (χ3n) is 3.18. The van der Waals surface area contributed by atoms with Gasteiger partial charge in [0.15, 0.2) is 0 Å². The van der Waals surface area contributed by atoms with Gasteiger partial charge in [-0.2, -0.15) is 0 Å². The standard InChI is InChI=1S/C12H18N2/c1-9-3-6-12-10(7-9)4-5-11(8-13)14(12)2/h3,6-7,11H,4-5,8,13H2,1-2H3. The van der Waals surface area contributed by atoms with E-state index in [4.69, 9.17) is 5.73 Å². The Morgan fingerprint density at radius 3 is 3.00 bits per heavy atom. The topological polar surface area (TPSA) is 29.3 Å². The first-order valence-electron chi connectivity index (χ1n) is 5.25. The molecule has 14 heavy (non-hydrogen) atoms. The van der Waals surface area contributed by atoms with Crippen LogP contribution in [-0.4, -0.2) is 19.6 Å². The van der Waals surface area contributed by atoms with Gasteiger partial charge in [0.1, 0.15) is 0 Å². The van der Waals surface area contributed by atoms with Gasteiger partial charge in [-0.3, -0.25) is 0 Å². The van der Waals surface area contributed by atoms with Crippen molar-refractivity contribution in [3.63, 3.8) is 0 Å². The van der Waals surface area contributed by atoms with Crippen LogP contribution in [-0.2, 0) is 6.42 Å². The number of aryl methyl sites for hydroxylation is 2. The van der Waals surface area contributed by atoms with Crippen LogP contribution in [0.1, 0.15) is 17.5 Å². The highest BCUT2D eigenvalue weighted by molar-refractivity contribution is 5.57. The molecule has 0 aromatic heterocycles. The van der Waals surface area contributed by atoms with Gasteiger partial charge in [0.05, 0.1) is 0 Å². The fourth-order valence-corrected chi connectivity index (χ4v) is 2.25. The van der Waals surface area contributed by atoms with Crippen molar-refractivity contribution in [2.24, 2.45) is 5.73 Å². The zero-order chi connectivity index (χ0) is 10.1. The van der Waals surface area contributed by atoms with Gasteiger partial charge in [-0.25, -0.2) is 0 Å². The van der Waals surface area contributed by atoms with Crippen molar-refractivity contribution in [2.45, 2.75) is 25.8 Å². The molecule has 2 heteroatoms. The van der Waals surface area contributed by atoms with Gasteiger partial charge in [-0.15, -0.1) is 0 Å². The summed E-state index contributed by atoms with van der Waals surface area (Å²) in [5.41, 5.74) is 9.92. The number of rotatable bonds is 1. The van der Waals surface area contributed by atoms with Crippen LogP contribution in [0, 0.1) is 6.92 Å². The van der Waals surface area contributed by atoms with Gasteiger partial charge in [0.25, 0.3) is 0 Å². The number of fused-ring (bicyclic) bond motifs is 1. The monoisotopic (exact) mass is 190 g/mol. The number of benzene rings is 1. The summed E-state index contributed by atoms with van der Waals surface area (Å²) in [6.45, 7) is 2.90. The lowest BCUT2D eigenvalue weighted by atomic mass is 9.95. The summed E-state index contributed by atoms with van der Waals surface area (Å²) in [6, 6.07) is 7.20. The van der Waals surface area contributed by atoms with E-state index < -0.39 is 0 Å². The Balaban J connectivity index is 2.36. The number of anilines is 1. The molecule has 1 atom stereocenters. The minimum atomic E-state index is 0.519. The summed E-state index contributed by atoms with van der Waals surface area (Å²) in [5, 5.41) is 0. The molecule has 2 N–H and O–H groups in total. The number of nitrogens with zero attached hydrogens (tertiary/aromatic N) is 1. The molecule has 2 nitrogen and oxygen atoms in total. The number of hydrogen-bond acceptors (Lipinski definition) is 2. The third-order valence-corrected chi connectivity index (χ3v) is 3.18. The quantitative estimate of drug-likeness (QED) is 0.730. The largest absolute Gasteiger partial charge is 0.370 e. The van der Waals surface area contributed by atoms with Crippen molar-refractivity contribution >= 4 is 5.69 Å². The van der Waals surface area contributed by atoms with Crippen molar-refractivity contribution in [3.8, 4) is 0 Å². The Morgan fingerprint density at radius 2 is 2.29 bits per heavy atom. The van der Waals surface area contributed by atoms with Gasteiger partial charge in [-0.1, -0.05) is 17.7 Å². The maximum atomic E-state index is 5.74. The van der Waals surface area contributed by atoms with Gasteiger partial charge in [-0.05, 0) is 31.4 Å². The minimum absolute atomic E-state index is 0.519. The molecule has 0 bridgehead atoms. The van der Waals surface area contributed by atoms with E-state index in [0.717, 1.165) is 6.54 Å². The molecule has 0 fully saturated rings. The van der Waals surface area contributed by atoms with E-state index >= 15 is 0 Å². The minimum Gasteiger partial charge on any atom is -0.370 e. The van der Waals surface area contributed by atoms with E-state index in [-0.39, 0.29) is 0 Å². The van der Waals surface area contributed by atoms with E-state index in [2.05, 4.69) is 37.1 Å². The predicted molar refractivity (Wildman–Crippen MR) is 60.7 cm³/mol. The van der Waals surface area contributed by atoms with Crippen LogP contribution >= 0.6 is 0 Å². The van der Waals surface area contributed by atoms with Crippen LogP contribution in [0.2, 0.25) is 0 Å². The molecule has 1 heterocycles. The van der Waals surface area contributed by atoms with Crippen LogP contribution < -0.4 is 10.6 Å². The molecular weight excluding hydrogens is 172 g/mol. The average Bonchev–Trinajstić information content (AvgIpc) is 2.18. The molecule has 0 aliphatic carbocycles. The number of nitrogens with two attached hydrogens (primary N) is 1. The Bertz CT molecular complexity index is 333. The van der Waals surface area contributed by atoms with Crippen molar-refractivity contribution in [3.05, 3.63) is 29.3 Å². The zero-order valence-electron chi connectivity index (χ0n) is 8.96. The molecule has 1 unspecified atom stereocenters. The van der Waals surface area contributed by atoms with E-state index in [1.54, 1.807) is 0 Å². The van der Waals surface area contributed by atoms with Crippen LogP contribution in [0.5, 0.6) is 0 Å². The van der Waals surface area contributed by atoms with Crippen LogP contribution in [0.3, 0.4) is 0 Å². The Labute approximate surface area is 85.7 Å². The Morgan fingerprint density at radius 1 is 1.50 bits per heavy atom. The summed E-state index contributed by atoms with van der Waals surface area (Å²) in [7, 11) is 2.14. The van der Waals surface area contributed by atoms with Crippen molar-refractivity contribution in [1.82, 2.24) is 0 Å². The highest BCUT2D eigenvalue weighted by Crippen LogP contribution is 2.29. The molecule has 2 rings (SSSR count). The second-order valence-corrected chi connectivity index (χ2v) is 4.17. The summed E-state index contributed by atoms with van der Waals surface area (Å²) in [6.07, 6.45) is 2.35. The van der Waals surface area contributed by atoms with Crippen molar-refractivity contribution in [1.29, 1.82) is 0 Å². The molecule has 1 aliphatic rings. The lowest BCUT2D eigenvalue weighted by Gasteiger charge is -2.35. The number of hydrogen-bond donors (Lipinski definition) is 1. The van der Waals surface area contributed by atoms with Crippen LogP contribution in [0.25, 0.3) is 0 Å². The molecule has 0 spiro atoms. The summed E-state index contributed by atoms with van der Waals surface area (Å²) >= 11 is 0. The maximum absolute atomic E-state index is 5.74. The summed E-state index contributed by atoms with van der Waals surface area (Å²) in [4.78, 5) is 2.32. The van der Waals surface area contributed by atoms with E-state index in [1.165, 1.54) is 29.7 Å². The zero-order valence-corrected chi connectivity index (χ0v) is 8.96. The maximum Gasteiger partial charge on any atom is 0.0412 e. The first-order valence-corrected chi connectivity index (χ1v) is 5.25. The molecular formula is C12H18N2. The summed E-state index contributed by atoms with van der Waals surface area (Å²) < 4.78 is 0. The van der Waals surface area contributed by atoms with Crippen LogP contribution in [0.4, 0.5) is 5.69 Å². The lowest BCUT2D eigenvalue weighted by molar-refractivity contribution is 0.564. The van der Waals surface area contributed by atoms with E-state index in [0.29, 0.717) is 6.04 Å². The Hall–Kier alpha value is -1.02. The van der Waals surface area contributed by atoms with Crippen molar-refractivity contribution in [2.75, 3.05) is 18.5 Å². The molecule has 1 aliphatic heterocycles.